The topological polar surface area (TPSA) is 77.9 Å². The fraction of sp³-hybridized carbons (Fsp3) is 0.467. The molecule has 0 radical (unpaired) electrons. The smallest absolute Gasteiger partial charge is 0.411 e. The van der Waals surface area contributed by atoms with E-state index in [1.54, 1.807) is 14.2 Å². The van der Waals surface area contributed by atoms with Gasteiger partial charge >= 0.3 is 6.09 Å². The summed E-state index contributed by atoms with van der Waals surface area (Å²) in [5.74, 6) is 2.79. The fourth-order valence-corrected chi connectivity index (χ4v) is 5.89. The van der Waals surface area contributed by atoms with Crippen LogP contribution in [0, 0.1) is 5.92 Å². The van der Waals surface area contributed by atoms with Crippen LogP contribution in [-0.2, 0) is 11.8 Å². The number of amides is 1. The van der Waals surface area contributed by atoms with E-state index in [1.165, 1.54) is 11.3 Å². The zero-order chi connectivity index (χ0) is 26.8. The van der Waals surface area contributed by atoms with Crippen LogP contribution in [0.4, 0.5) is 10.5 Å². The number of benzene rings is 2. The predicted octanol–water partition coefficient (Wildman–Crippen LogP) is 5.65. The lowest BCUT2D eigenvalue weighted by molar-refractivity contribution is -0.00222. The lowest BCUT2D eigenvalue weighted by Crippen LogP contribution is -2.54. The van der Waals surface area contributed by atoms with Crippen molar-refractivity contribution in [2.75, 3.05) is 39.2 Å². The van der Waals surface area contributed by atoms with Crippen LogP contribution in [0.2, 0.25) is 0 Å². The van der Waals surface area contributed by atoms with Crippen molar-refractivity contribution in [2.24, 2.45) is 13.0 Å². The zero-order valence-corrected chi connectivity index (χ0v) is 22.9. The van der Waals surface area contributed by atoms with E-state index >= 15 is 0 Å². The molecule has 8 heteroatoms. The molecule has 4 atom stereocenters. The fourth-order valence-electron chi connectivity index (χ4n) is 5.89. The summed E-state index contributed by atoms with van der Waals surface area (Å²) < 4.78 is 18.5. The highest BCUT2D eigenvalue weighted by molar-refractivity contribution is 5.84. The van der Waals surface area contributed by atoms with Crippen LogP contribution in [0.15, 0.2) is 48.5 Å². The third-order valence-electron chi connectivity index (χ3n) is 8.08. The second kappa shape index (κ2) is 11.1. The van der Waals surface area contributed by atoms with Crippen LogP contribution in [0.1, 0.15) is 49.8 Å². The Labute approximate surface area is 224 Å². The van der Waals surface area contributed by atoms with Gasteiger partial charge in [0.15, 0.2) is 11.5 Å². The number of carbonyl (C=O) groups excluding carboxylic acids is 1. The zero-order valence-electron chi connectivity index (χ0n) is 22.9. The standard InChI is InChI=1S/C30H38N4O4/c1-19(2)20-6-9-23(10-7-20)31-30(35)38-18-24-14-21-12-13-34(24)17-25(21)27-16-26(32-33(27)3)22-8-11-28(36-4)29(15-22)37-5/h6-11,15-16,19,21,24-25H,12-14,17-18H2,1-5H3,(H,31,35)/t21-,24+,25-/m0/s1. The molecule has 1 N–H and O–H groups in total. The minimum absolute atomic E-state index is 0.248. The number of anilines is 1. The number of aromatic nitrogens is 2. The van der Waals surface area contributed by atoms with Gasteiger partial charge in [-0.3, -0.25) is 14.9 Å². The first-order chi connectivity index (χ1) is 18.4. The van der Waals surface area contributed by atoms with Gasteiger partial charge in [0.1, 0.15) is 6.61 Å². The van der Waals surface area contributed by atoms with E-state index in [1.807, 2.05) is 54.2 Å². The predicted molar refractivity (Wildman–Crippen MR) is 148 cm³/mol. The first kappa shape index (κ1) is 26.1. The normalized spacial score (nSPS) is 22.4. The molecule has 3 aliphatic rings. The van der Waals surface area contributed by atoms with Crippen molar-refractivity contribution in [1.29, 1.82) is 0 Å². The van der Waals surface area contributed by atoms with Crippen molar-refractivity contribution in [3.63, 3.8) is 0 Å². The van der Waals surface area contributed by atoms with Gasteiger partial charge in [0, 0.05) is 42.5 Å². The van der Waals surface area contributed by atoms with Gasteiger partial charge in [-0.25, -0.2) is 4.79 Å². The van der Waals surface area contributed by atoms with Crippen molar-refractivity contribution in [2.45, 2.75) is 44.6 Å². The highest BCUT2D eigenvalue weighted by Crippen LogP contribution is 2.43. The Bertz CT molecular complexity index is 1270. The number of hydrogen-bond acceptors (Lipinski definition) is 6. The van der Waals surface area contributed by atoms with Gasteiger partial charge in [-0.2, -0.15) is 5.10 Å². The quantitative estimate of drug-likeness (QED) is 0.415. The molecule has 1 amide bonds. The van der Waals surface area contributed by atoms with Crippen molar-refractivity contribution in [1.82, 2.24) is 14.7 Å². The number of nitrogens with zero attached hydrogens (tertiary/aromatic N) is 3. The molecule has 3 saturated heterocycles. The van der Waals surface area contributed by atoms with Gasteiger partial charge in [-0.1, -0.05) is 26.0 Å². The number of ether oxygens (including phenoxy) is 3. The molecule has 1 aromatic heterocycles. The van der Waals surface area contributed by atoms with Crippen LogP contribution < -0.4 is 14.8 Å². The molecule has 4 heterocycles. The van der Waals surface area contributed by atoms with E-state index in [0.717, 1.165) is 42.9 Å². The average Bonchev–Trinajstić information content (AvgIpc) is 3.33. The summed E-state index contributed by atoms with van der Waals surface area (Å²) in [4.78, 5) is 14.9. The maximum Gasteiger partial charge on any atom is 0.411 e. The Hall–Kier alpha value is -3.52. The molecule has 1 unspecified atom stereocenters. The number of nitrogens with one attached hydrogen (secondary N) is 1. The largest absolute Gasteiger partial charge is 0.493 e. The van der Waals surface area contributed by atoms with Gasteiger partial charge in [-0.15, -0.1) is 0 Å². The Kier molecular flexibility index (Phi) is 7.61. The number of hydrogen-bond donors (Lipinski definition) is 1. The number of rotatable bonds is 8. The van der Waals surface area contributed by atoms with Crippen molar-refractivity contribution in [3.8, 4) is 22.8 Å². The maximum absolute atomic E-state index is 12.5. The summed E-state index contributed by atoms with van der Waals surface area (Å²) in [6, 6.07) is 16.3. The molecule has 2 aromatic carbocycles. The number of fused-ring (bicyclic) bond motifs is 3. The van der Waals surface area contributed by atoms with Gasteiger partial charge in [-0.05, 0) is 73.2 Å². The molecule has 202 valence electrons. The molecule has 3 aromatic rings. The van der Waals surface area contributed by atoms with Crippen LogP contribution in [0.25, 0.3) is 11.3 Å². The highest BCUT2D eigenvalue weighted by Gasteiger charge is 2.42. The Balaban J connectivity index is 1.20. The molecule has 2 bridgehead atoms. The van der Waals surface area contributed by atoms with Crippen LogP contribution in [0.5, 0.6) is 11.5 Å². The first-order valence-corrected chi connectivity index (χ1v) is 13.4. The van der Waals surface area contributed by atoms with Crippen LogP contribution in [-0.4, -0.2) is 60.7 Å². The maximum atomic E-state index is 12.5. The van der Waals surface area contributed by atoms with Crippen molar-refractivity contribution < 1.29 is 19.0 Å². The average molecular weight is 519 g/mol. The lowest BCUT2D eigenvalue weighted by Gasteiger charge is -2.49. The van der Waals surface area contributed by atoms with E-state index in [9.17, 15) is 4.79 Å². The minimum atomic E-state index is -0.396. The Morgan fingerprint density at radius 3 is 2.50 bits per heavy atom. The molecular formula is C30H38N4O4. The summed E-state index contributed by atoms with van der Waals surface area (Å²) in [6.45, 7) is 6.69. The van der Waals surface area contributed by atoms with Gasteiger partial charge < -0.3 is 14.2 Å². The molecule has 0 spiro atoms. The lowest BCUT2D eigenvalue weighted by atomic mass is 9.74. The summed E-state index contributed by atoms with van der Waals surface area (Å²) in [6.07, 6.45) is 1.76. The molecular weight excluding hydrogens is 480 g/mol. The minimum Gasteiger partial charge on any atom is -0.493 e. The summed E-state index contributed by atoms with van der Waals surface area (Å²) >= 11 is 0. The monoisotopic (exact) mass is 518 g/mol. The van der Waals surface area contributed by atoms with E-state index < -0.39 is 6.09 Å². The number of aryl methyl sites for hydroxylation is 1. The third-order valence-corrected chi connectivity index (χ3v) is 8.08. The second-order valence-electron chi connectivity index (χ2n) is 10.7. The number of methoxy groups -OCH3 is 2. The molecule has 6 rings (SSSR count). The second-order valence-corrected chi connectivity index (χ2v) is 10.7. The van der Waals surface area contributed by atoms with Crippen LogP contribution >= 0.6 is 0 Å². The van der Waals surface area contributed by atoms with Crippen molar-refractivity contribution in [3.05, 3.63) is 59.8 Å². The van der Waals surface area contributed by atoms with Crippen LogP contribution in [0.3, 0.4) is 0 Å². The molecule has 3 aliphatic heterocycles. The number of piperidine rings is 3. The summed E-state index contributed by atoms with van der Waals surface area (Å²) in [7, 11) is 5.31. The number of carbonyl (C=O) groups is 1. The Morgan fingerprint density at radius 2 is 1.84 bits per heavy atom. The molecule has 38 heavy (non-hydrogen) atoms. The van der Waals surface area contributed by atoms with Crippen molar-refractivity contribution >= 4 is 11.8 Å². The van der Waals surface area contributed by atoms with E-state index in [0.29, 0.717) is 35.9 Å². The first-order valence-electron chi connectivity index (χ1n) is 13.4. The van der Waals surface area contributed by atoms with Gasteiger partial charge in [0.25, 0.3) is 0 Å². The molecule has 3 fully saturated rings. The van der Waals surface area contributed by atoms with Gasteiger partial charge in [0.05, 0.1) is 19.9 Å². The summed E-state index contributed by atoms with van der Waals surface area (Å²) in [5, 5.41) is 7.69. The Morgan fingerprint density at radius 1 is 1.08 bits per heavy atom. The van der Waals surface area contributed by atoms with E-state index in [-0.39, 0.29) is 6.04 Å². The van der Waals surface area contributed by atoms with E-state index in [4.69, 9.17) is 19.3 Å². The highest BCUT2D eigenvalue weighted by atomic mass is 16.5. The van der Waals surface area contributed by atoms with E-state index in [2.05, 4.69) is 30.1 Å². The molecule has 8 nitrogen and oxygen atoms in total. The summed E-state index contributed by atoms with van der Waals surface area (Å²) in [5.41, 5.74) is 5.17. The molecule has 0 aliphatic carbocycles. The SMILES string of the molecule is COc1ccc(-c2cc([C@H]3CN4CC[C@H]3C[C@@H]4COC(=O)Nc3ccc(C(C)C)cc3)n(C)n2)cc1OC. The van der Waals surface area contributed by atoms with Gasteiger partial charge in [0.2, 0.25) is 0 Å². The molecule has 0 saturated carbocycles. The third kappa shape index (κ3) is 5.36.